The summed E-state index contributed by atoms with van der Waals surface area (Å²) in [5.41, 5.74) is 10.5. The fraction of sp³-hybridized carbons (Fsp3) is 0.556. The molecule has 0 aliphatic carbocycles. The molecule has 0 saturated carbocycles. The average Bonchev–Trinajstić information content (AvgIpc) is 3.05. The lowest BCUT2D eigenvalue weighted by molar-refractivity contribution is -0.138. The van der Waals surface area contributed by atoms with Crippen LogP contribution < -0.4 is 11.2 Å². The molecule has 0 bridgehead atoms. The first-order valence-corrected chi connectivity index (χ1v) is 8.81. The van der Waals surface area contributed by atoms with Crippen LogP contribution in [0.1, 0.15) is 42.9 Å². The molecule has 0 radical (unpaired) electrons. The van der Waals surface area contributed by atoms with Crippen LogP contribution in [0.5, 0.6) is 0 Å². The Bertz CT molecular complexity index is 611. The zero-order chi connectivity index (χ0) is 17.8. The lowest BCUT2D eigenvalue weighted by Gasteiger charge is -2.31. The van der Waals surface area contributed by atoms with Crippen LogP contribution in [-0.4, -0.2) is 47.5 Å². The number of nitrogen functional groups attached to an aromatic ring is 1. The number of piperidine rings is 1. The Morgan fingerprint density at radius 3 is 2.60 bits per heavy atom. The zero-order valence-corrected chi connectivity index (χ0v) is 14.3. The summed E-state index contributed by atoms with van der Waals surface area (Å²) in [4.78, 5) is 18.5. The molecule has 2 heterocycles. The fourth-order valence-corrected chi connectivity index (χ4v) is 3.72. The van der Waals surface area contributed by atoms with Gasteiger partial charge in [-0.15, -0.1) is 0 Å². The van der Waals surface area contributed by atoms with E-state index >= 15 is 0 Å². The van der Waals surface area contributed by atoms with Gasteiger partial charge < -0.3 is 10.8 Å². The van der Waals surface area contributed by atoms with Gasteiger partial charge in [-0.3, -0.25) is 19.9 Å². The number of amidine groups is 1. The monoisotopic (exact) mass is 346 g/mol. The fourth-order valence-electron chi connectivity index (χ4n) is 3.72. The van der Waals surface area contributed by atoms with Crippen molar-refractivity contribution in [2.24, 2.45) is 11.7 Å². The molecule has 1 aromatic rings. The first-order valence-electron chi connectivity index (χ1n) is 8.81. The average molecular weight is 346 g/mol. The van der Waals surface area contributed by atoms with Crippen LogP contribution in [-0.2, 0) is 9.63 Å². The molecule has 2 aliphatic rings. The number of carboxylic acids is 1. The van der Waals surface area contributed by atoms with Crippen molar-refractivity contribution in [1.29, 1.82) is 5.41 Å². The summed E-state index contributed by atoms with van der Waals surface area (Å²) in [5, 5.41) is 16.3. The number of rotatable bonds is 6. The maximum absolute atomic E-state index is 10.8. The highest BCUT2D eigenvalue weighted by atomic mass is 16.7. The number of hydrogen-bond donors (Lipinski definition) is 4. The van der Waals surface area contributed by atoms with Crippen molar-refractivity contribution in [1.82, 2.24) is 10.4 Å². The smallest absolute Gasteiger partial charge is 0.317 e. The van der Waals surface area contributed by atoms with Gasteiger partial charge >= 0.3 is 5.97 Å². The van der Waals surface area contributed by atoms with E-state index in [1.54, 1.807) is 0 Å². The minimum absolute atomic E-state index is 0.0781. The third-order valence-electron chi connectivity index (χ3n) is 5.16. The number of nitrogens with one attached hydrogen (secondary N) is 2. The van der Waals surface area contributed by atoms with Gasteiger partial charge in [0, 0.05) is 5.56 Å². The van der Waals surface area contributed by atoms with Crippen LogP contribution in [0.2, 0.25) is 0 Å². The number of likely N-dealkylation sites (tertiary alicyclic amines) is 1. The van der Waals surface area contributed by atoms with Crippen molar-refractivity contribution in [2.45, 2.75) is 37.8 Å². The number of carboxylic acid groups (broad SMARTS) is 1. The molecule has 7 nitrogen and oxygen atoms in total. The molecule has 0 aromatic heterocycles. The van der Waals surface area contributed by atoms with Crippen LogP contribution in [0, 0.1) is 11.3 Å². The molecule has 7 heteroatoms. The van der Waals surface area contributed by atoms with Gasteiger partial charge in [0.05, 0.1) is 18.7 Å². The second-order valence-electron chi connectivity index (χ2n) is 7.03. The molecule has 3 rings (SSSR count). The highest BCUT2D eigenvalue weighted by Crippen LogP contribution is 2.31. The SMILES string of the molecule is N=C(N)c1ccc(C2CC(CC3CCN(CC(=O)O)CC3)ON2)cc1. The van der Waals surface area contributed by atoms with Crippen LogP contribution >= 0.6 is 0 Å². The number of nitrogens with zero attached hydrogens (tertiary/aromatic N) is 1. The molecular formula is C18H26N4O3. The van der Waals surface area contributed by atoms with E-state index in [4.69, 9.17) is 21.1 Å². The summed E-state index contributed by atoms with van der Waals surface area (Å²) in [6, 6.07) is 7.88. The minimum Gasteiger partial charge on any atom is -0.480 e. The molecule has 2 aliphatic heterocycles. The molecule has 2 fully saturated rings. The van der Waals surface area contributed by atoms with Gasteiger partial charge in [-0.05, 0) is 50.3 Å². The topological polar surface area (TPSA) is 112 Å². The summed E-state index contributed by atoms with van der Waals surface area (Å²) < 4.78 is 0. The minimum atomic E-state index is -0.750. The highest BCUT2D eigenvalue weighted by molar-refractivity contribution is 5.94. The Hall–Kier alpha value is -1.96. The van der Waals surface area contributed by atoms with Crippen molar-refractivity contribution in [2.75, 3.05) is 19.6 Å². The maximum atomic E-state index is 10.8. The molecule has 1 aromatic carbocycles. The molecule has 5 N–H and O–H groups in total. The van der Waals surface area contributed by atoms with Gasteiger partial charge in [0.15, 0.2) is 0 Å². The zero-order valence-electron chi connectivity index (χ0n) is 14.3. The molecule has 2 unspecified atom stereocenters. The Labute approximate surface area is 147 Å². The van der Waals surface area contributed by atoms with Crippen molar-refractivity contribution in [3.63, 3.8) is 0 Å². The summed E-state index contributed by atoms with van der Waals surface area (Å²) in [5.74, 6) is -0.0783. The van der Waals surface area contributed by atoms with Crippen molar-refractivity contribution in [3.8, 4) is 0 Å². The first kappa shape index (κ1) is 17.8. The van der Waals surface area contributed by atoms with Crippen LogP contribution in [0.15, 0.2) is 24.3 Å². The Balaban J connectivity index is 1.45. The predicted octanol–water partition coefficient (Wildman–Crippen LogP) is 1.49. The van der Waals surface area contributed by atoms with Crippen LogP contribution in [0.4, 0.5) is 0 Å². The van der Waals surface area contributed by atoms with Gasteiger partial charge in [0.2, 0.25) is 0 Å². The lowest BCUT2D eigenvalue weighted by Crippen LogP contribution is -2.38. The van der Waals surface area contributed by atoms with Crippen molar-refractivity contribution >= 4 is 11.8 Å². The van der Waals surface area contributed by atoms with Gasteiger partial charge in [-0.25, -0.2) is 0 Å². The molecule has 2 saturated heterocycles. The van der Waals surface area contributed by atoms with E-state index in [1.165, 1.54) is 0 Å². The van der Waals surface area contributed by atoms with Gasteiger partial charge in [0.1, 0.15) is 5.84 Å². The van der Waals surface area contributed by atoms with Crippen LogP contribution in [0.25, 0.3) is 0 Å². The van der Waals surface area contributed by atoms with E-state index in [0.717, 1.165) is 49.9 Å². The molecule has 25 heavy (non-hydrogen) atoms. The Morgan fingerprint density at radius 1 is 1.32 bits per heavy atom. The van der Waals surface area contributed by atoms with Gasteiger partial charge in [-0.2, -0.15) is 5.48 Å². The second-order valence-corrected chi connectivity index (χ2v) is 7.03. The Kier molecular flexibility index (Phi) is 5.67. The van der Waals surface area contributed by atoms with E-state index in [9.17, 15) is 4.79 Å². The van der Waals surface area contributed by atoms with E-state index in [1.807, 2.05) is 29.2 Å². The second kappa shape index (κ2) is 7.95. The van der Waals surface area contributed by atoms with E-state index < -0.39 is 5.97 Å². The molecule has 136 valence electrons. The quantitative estimate of drug-likeness (QED) is 0.459. The lowest BCUT2D eigenvalue weighted by atomic mass is 9.89. The Morgan fingerprint density at radius 2 is 2.00 bits per heavy atom. The van der Waals surface area contributed by atoms with Crippen LogP contribution in [0.3, 0.4) is 0 Å². The normalized spacial score (nSPS) is 25.1. The predicted molar refractivity (Wildman–Crippen MR) is 94.2 cm³/mol. The summed E-state index contributed by atoms with van der Waals surface area (Å²) in [6.45, 7) is 1.85. The first-order chi connectivity index (χ1) is 12.0. The standard InChI is InChI=1S/C18H26N4O3/c19-18(20)14-3-1-13(2-4-14)16-10-15(25-21-16)9-12-5-7-22(8-6-12)11-17(23)24/h1-4,12,15-16,21H,5-11H2,(H3,19,20)(H,23,24). The van der Waals surface area contributed by atoms with Crippen molar-refractivity contribution < 1.29 is 14.7 Å². The largest absolute Gasteiger partial charge is 0.480 e. The van der Waals surface area contributed by atoms with E-state index in [-0.39, 0.29) is 24.5 Å². The summed E-state index contributed by atoms with van der Waals surface area (Å²) in [6.07, 6.45) is 4.19. The number of carbonyl (C=O) groups is 1. The number of hydroxylamine groups is 1. The van der Waals surface area contributed by atoms with Gasteiger partial charge in [0.25, 0.3) is 0 Å². The maximum Gasteiger partial charge on any atom is 0.317 e. The molecular weight excluding hydrogens is 320 g/mol. The number of nitrogens with two attached hydrogens (primary N) is 1. The van der Waals surface area contributed by atoms with E-state index in [0.29, 0.717) is 5.92 Å². The van der Waals surface area contributed by atoms with Gasteiger partial charge in [-0.1, -0.05) is 24.3 Å². The molecule has 0 amide bonds. The third kappa shape index (κ3) is 4.78. The number of benzene rings is 1. The number of hydrogen-bond acceptors (Lipinski definition) is 5. The molecule has 2 atom stereocenters. The summed E-state index contributed by atoms with van der Waals surface area (Å²) in [7, 11) is 0. The van der Waals surface area contributed by atoms with E-state index in [2.05, 4.69) is 5.48 Å². The highest BCUT2D eigenvalue weighted by Gasteiger charge is 2.30. The third-order valence-corrected chi connectivity index (χ3v) is 5.16. The molecule has 0 spiro atoms. The van der Waals surface area contributed by atoms with Crippen molar-refractivity contribution in [3.05, 3.63) is 35.4 Å². The summed E-state index contributed by atoms with van der Waals surface area (Å²) >= 11 is 0. The number of aliphatic carboxylic acids is 1.